The van der Waals surface area contributed by atoms with Gasteiger partial charge in [-0.1, -0.05) is 37.3 Å². The molecule has 152 valence electrons. The van der Waals surface area contributed by atoms with Crippen LogP contribution >= 0.6 is 0 Å². The first-order chi connectivity index (χ1) is 13.5. The maximum absolute atomic E-state index is 12.6. The number of hydrogen-bond acceptors (Lipinski definition) is 3. The van der Waals surface area contributed by atoms with Crippen LogP contribution in [0.15, 0.2) is 36.4 Å². The van der Waals surface area contributed by atoms with Crippen molar-refractivity contribution in [3.05, 3.63) is 42.0 Å². The van der Waals surface area contributed by atoms with Crippen LogP contribution in [-0.2, 0) is 16.0 Å². The Hall–Kier alpha value is -1.81. The Morgan fingerprint density at radius 1 is 1.36 bits per heavy atom. The molecule has 1 saturated heterocycles. The van der Waals surface area contributed by atoms with Crippen molar-refractivity contribution in [3.8, 4) is 5.75 Å². The minimum Gasteiger partial charge on any atom is -0.496 e. The first kappa shape index (κ1) is 19.5. The highest BCUT2D eigenvalue weighted by Crippen LogP contribution is 2.56. The summed E-state index contributed by atoms with van der Waals surface area (Å²) in [5.74, 6) is 1.92. The largest absolute Gasteiger partial charge is 0.496 e. The molecule has 2 saturated carbocycles. The fourth-order valence-electron chi connectivity index (χ4n) is 5.99. The third kappa shape index (κ3) is 3.59. The molecule has 0 spiro atoms. The number of carbonyl (C=O) groups excluding carboxylic acids is 1. The van der Waals surface area contributed by atoms with Gasteiger partial charge in [-0.2, -0.15) is 0 Å². The van der Waals surface area contributed by atoms with Crippen molar-refractivity contribution in [1.29, 1.82) is 0 Å². The fraction of sp³-hybridized carbons (Fsp3) is 0.625. The van der Waals surface area contributed by atoms with E-state index in [4.69, 9.17) is 9.47 Å². The Bertz CT molecular complexity index is 745. The molecule has 28 heavy (non-hydrogen) atoms. The zero-order chi connectivity index (χ0) is 19.7. The molecule has 1 aromatic rings. The fourth-order valence-corrected chi connectivity index (χ4v) is 5.99. The highest BCUT2D eigenvalue weighted by atomic mass is 16.6. The maximum atomic E-state index is 12.6. The van der Waals surface area contributed by atoms with Crippen LogP contribution in [0.5, 0.6) is 5.75 Å². The molecule has 2 N–H and O–H groups in total. The van der Waals surface area contributed by atoms with Gasteiger partial charge >= 0.3 is 5.97 Å². The van der Waals surface area contributed by atoms with E-state index in [9.17, 15) is 4.79 Å². The molecule has 0 unspecified atom stereocenters. The maximum Gasteiger partial charge on any atom is 0.315 e. The molecule has 4 nitrogen and oxygen atoms in total. The average Bonchev–Trinajstić information content (AvgIpc) is 2.97. The van der Waals surface area contributed by atoms with E-state index in [-0.39, 0.29) is 23.4 Å². The monoisotopic (exact) mass is 384 g/mol. The third-order valence-electron chi connectivity index (χ3n) is 7.55. The van der Waals surface area contributed by atoms with E-state index in [2.05, 4.69) is 24.9 Å². The van der Waals surface area contributed by atoms with Crippen LogP contribution in [0, 0.1) is 23.2 Å². The van der Waals surface area contributed by atoms with Gasteiger partial charge < -0.3 is 14.8 Å². The number of ether oxygens (including phenoxy) is 2. The van der Waals surface area contributed by atoms with E-state index < -0.39 is 0 Å². The van der Waals surface area contributed by atoms with Crippen LogP contribution in [0.4, 0.5) is 0 Å². The summed E-state index contributed by atoms with van der Waals surface area (Å²) in [6.45, 7) is 8.55. The number of fused-ring (bicyclic) bond motifs is 2. The molecule has 3 fully saturated rings. The lowest BCUT2D eigenvalue weighted by molar-refractivity contribution is -0.658. The van der Waals surface area contributed by atoms with Gasteiger partial charge in [-0.25, -0.2) is 0 Å². The zero-order valence-electron chi connectivity index (χ0n) is 17.3. The number of para-hydroxylation sites is 1. The number of nitrogens with two attached hydrogens (primary N) is 1. The molecule has 4 rings (SSSR count). The highest BCUT2D eigenvalue weighted by Gasteiger charge is 2.55. The quantitative estimate of drug-likeness (QED) is 0.466. The van der Waals surface area contributed by atoms with Crippen molar-refractivity contribution >= 4 is 5.97 Å². The van der Waals surface area contributed by atoms with E-state index in [0.29, 0.717) is 11.8 Å². The molecule has 0 radical (unpaired) electrons. The van der Waals surface area contributed by atoms with Gasteiger partial charge in [-0.3, -0.25) is 4.79 Å². The lowest BCUT2D eigenvalue weighted by Crippen LogP contribution is -2.86. The Kier molecular flexibility index (Phi) is 5.50. The van der Waals surface area contributed by atoms with Gasteiger partial charge in [-0.15, -0.1) is 0 Å². The number of methoxy groups -OCH3 is 1. The van der Waals surface area contributed by atoms with Gasteiger partial charge in [0, 0.05) is 12.3 Å². The SMILES string of the molecule is C=C1CCC[C@]2(C)C[C@H]3OC(=O)[C@@H](C[NH2+]CCc4ccccc4OC)[C@H]3C[C@H]12. The average molecular weight is 385 g/mol. The van der Waals surface area contributed by atoms with Gasteiger partial charge in [0.05, 0.1) is 20.2 Å². The standard InChI is InChI=1S/C24H33NO3/c1-16-7-6-11-24(2)14-22-18(13-20(16)24)19(23(26)28-22)15-25-12-10-17-8-4-5-9-21(17)27-3/h4-5,8-9,18-20,22,25H,1,6-7,10-15H2,2-3H3/p+1/t18-,19+,20-,22-,24-/m1/s1. The summed E-state index contributed by atoms with van der Waals surface area (Å²) in [6, 6.07) is 8.16. The van der Waals surface area contributed by atoms with E-state index in [0.717, 1.165) is 44.5 Å². The van der Waals surface area contributed by atoms with Crippen LogP contribution in [0.2, 0.25) is 0 Å². The molecule has 0 bridgehead atoms. The van der Waals surface area contributed by atoms with Crippen molar-refractivity contribution in [3.63, 3.8) is 0 Å². The second kappa shape index (κ2) is 7.90. The molecule has 5 atom stereocenters. The second-order valence-corrected chi connectivity index (χ2v) is 9.28. The minimum atomic E-state index is 0.0244. The van der Waals surface area contributed by atoms with E-state index in [1.165, 1.54) is 24.0 Å². The minimum absolute atomic E-state index is 0.0244. The molecule has 1 aromatic carbocycles. The van der Waals surface area contributed by atoms with Gasteiger partial charge in [0.1, 0.15) is 17.8 Å². The molecule has 1 aliphatic heterocycles. The normalized spacial score (nSPS) is 34.5. The molecule has 2 aliphatic carbocycles. The molecular weight excluding hydrogens is 350 g/mol. The third-order valence-corrected chi connectivity index (χ3v) is 7.55. The van der Waals surface area contributed by atoms with Crippen LogP contribution < -0.4 is 10.1 Å². The Morgan fingerprint density at radius 2 is 2.18 bits per heavy atom. The first-order valence-corrected chi connectivity index (χ1v) is 10.8. The number of carbonyl (C=O) groups is 1. The summed E-state index contributed by atoms with van der Waals surface area (Å²) >= 11 is 0. The Balaban J connectivity index is 1.35. The number of rotatable bonds is 6. The van der Waals surface area contributed by atoms with Gasteiger partial charge in [-0.05, 0) is 55.1 Å². The zero-order valence-corrected chi connectivity index (χ0v) is 17.3. The lowest BCUT2D eigenvalue weighted by Gasteiger charge is -2.49. The highest BCUT2D eigenvalue weighted by molar-refractivity contribution is 5.75. The summed E-state index contributed by atoms with van der Waals surface area (Å²) < 4.78 is 11.3. The first-order valence-electron chi connectivity index (χ1n) is 10.8. The predicted octanol–water partition coefficient (Wildman–Crippen LogP) is 3.12. The van der Waals surface area contributed by atoms with Gasteiger partial charge in [0.25, 0.3) is 0 Å². The summed E-state index contributed by atoms with van der Waals surface area (Å²) in [7, 11) is 1.72. The Labute approximate surface area is 168 Å². The molecule has 0 aromatic heterocycles. The van der Waals surface area contributed by atoms with Crippen molar-refractivity contribution in [2.75, 3.05) is 20.2 Å². The number of hydrogen-bond donors (Lipinski definition) is 1. The van der Waals surface area contributed by atoms with E-state index in [1.807, 2.05) is 18.2 Å². The van der Waals surface area contributed by atoms with E-state index in [1.54, 1.807) is 7.11 Å². The molecule has 0 amide bonds. The van der Waals surface area contributed by atoms with Crippen molar-refractivity contribution in [2.45, 2.75) is 51.6 Å². The second-order valence-electron chi connectivity index (χ2n) is 9.28. The number of allylic oxidation sites excluding steroid dienone is 1. The van der Waals surface area contributed by atoms with Crippen LogP contribution in [0.3, 0.4) is 0 Å². The van der Waals surface area contributed by atoms with Crippen LogP contribution in [-0.4, -0.2) is 32.3 Å². The van der Waals surface area contributed by atoms with E-state index >= 15 is 0 Å². The molecule has 1 heterocycles. The number of quaternary nitrogens is 1. The molecule has 4 heteroatoms. The number of esters is 1. The van der Waals surface area contributed by atoms with Crippen molar-refractivity contribution in [2.24, 2.45) is 23.2 Å². The Morgan fingerprint density at radius 3 is 3.00 bits per heavy atom. The summed E-state index contributed by atoms with van der Waals surface area (Å²) in [5, 5.41) is 2.28. The topological polar surface area (TPSA) is 52.1 Å². The summed E-state index contributed by atoms with van der Waals surface area (Å²) in [5.41, 5.74) is 2.91. The van der Waals surface area contributed by atoms with Crippen LogP contribution in [0.25, 0.3) is 0 Å². The smallest absolute Gasteiger partial charge is 0.315 e. The summed E-state index contributed by atoms with van der Waals surface area (Å²) in [6.07, 6.45) is 6.79. The van der Waals surface area contributed by atoms with Crippen LogP contribution in [0.1, 0.15) is 44.6 Å². The molecular formula is C24H34NO3+. The predicted molar refractivity (Wildman–Crippen MR) is 109 cm³/mol. The van der Waals surface area contributed by atoms with Gasteiger partial charge in [0.15, 0.2) is 0 Å². The summed E-state index contributed by atoms with van der Waals surface area (Å²) in [4.78, 5) is 12.6. The van der Waals surface area contributed by atoms with Crippen molar-refractivity contribution in [1.82, 2.24) is 0 Å². The molecule has 3 aliphatic rings. The number of benzene rings is 1. The van der Waals surface area contributed by atoms with Crippen molar-refractivity contribution < 1.29 is 19.6 Å². The van der Waals surface area contributed by atoms with Gasteiger partial charge in [0.2, 0.25) is 0 Å². The lowest BCUT2D eigenvalue weighted by atomic mass is 9.55.